The first-order chi connectivity index (χ1) is 13.1. The van der Waals surface area contributed by atoms with Gasteiger partial charge < -0.3 is 24.6 Å². The van der Waals surface area contributed by atoms with Crippen LogP contribution >= 0.6 is 12.2 Å². The van der Waals surface area contributed by atoms with Crippen LogP contribution in [0, 0.1) is 13.8 Å². The van der Waals surface area contributed by atoms with Crippen molar-refractivity contribution in [2.24, 2.45) is 0 Å². The zero-order valence-corrected chi connectivity index (χ0v) is 17.0. The molecule has 1 aliphatic rings. The van der Waals surface area contributed by atoms with Crippen LogP contribution in [0.15, 0.2) is 30.5 Å². The number of nitrogens with zero attached hydrogens (tertiary/aromatic N) is 3. The molecule has 0 aliphatic carbocycles. The van der Waals surface area contributed by atoms with E-state index in [2.05, 4.69) is 39.7 Å². The maximum absolute atomic E-state index is 9.33. The van der Waals surface area contributed by atoms with Gasteiger partial charge in [-0.1, -0.05) is 6.07 Å². The van der Waals surface area contributed by atoms with Gasteiger partial charge in [-0.2, -0.15) is 0 Å². The lowest BCUT2D eigenvalue weighted by Gasteiger charge is -2.28. The minimum Gasteiger partial charge on any atom is -0.396 e. The van der Waals surface area contributed by atoms with Crippen molar-refractivity contribution in [2.45, 2.75) is 38.9 Å². The number of thiocarbonyl (C=S) groups is 1. The van der Waals surface area contributed by atoms with Crippen molar-refractivity contribution in [3.63, 3.8) is 0 Å². The Bertz CT molecular complexity index is 778. The second-order valence-corrected chi connectivity index (χ2v) is 7.25. The van der Waals surface area contributed by atoms with Crippen molar-refractivity contribution < 1.29 is 9.84 Å². The third kappa shape index (κ3) is 4.00. The van der Waals surface area contributed by atoms with Crippen molar-refractivity contribution in [2.75, 3.05) is 26.9 Å². The van der Waals surface area contributed by atoms with Gasteiger partial charge in [-0.05, 0) is 56.2 Å². The molecule has 1 saturated heterocycles. The Labute approximate surface area is 166 Å². The van der Waals surface area contributed by atoms with E-state index in [0.717, 1.165) is 12.2 Å². The molecule has 3 heterocycles. The number of aliphatic hydroxyl groups is 1. The SMILES string of the molecule is COCCn1c(C)cc([C@H]2[C@H](c3ccccn3)NC(=S)N2CCCO)c1C. The molecule has 3 rings (SSSR count). The number of aromatic nitrogens is 2. The molecule has 1 fully saturated rings. The van der Waals surface area contributed by atoms with Gasteiger partial charge in [0, 0.05) is 44.4 Å². The number of rotatable bonds is 8. The minimum atomic E-state index is -0.0197. The molecule has 0 amide bonds. The van der Waals surface area contributed by atoms with Crippen molar-refractivity contribution in [3.05, 3.63) is 53.1 Å². The monoisotopic (exact) mass is 388 g/mol. The lowest BCUT2D eigenvalue weighted by molar-refractivity contribution is 0.186. The molecule has 0 bridgehead atoms. The molecule has 7 heteroatoms. The van der Waals surface area contributed by atoms with Crippen LogP contribution < -0.4 is 5.32 Å². The minimum absolute atomic E-state index is 0.0197. The van der Waals surface area contributed by atoms with Crippen molar-refractivity contribution in [1.29, 1.82) is 0 Å². The normalized spacial score (nSPS) is 19.6. The van der Waals surface area contributed by atoms with E-state index in [0.29, 0.717) is 24.7 Å². The van der Waals surface area contributed by atoms with Crippen LogP contribution in [0.2, 0.25) is 0 Å². The fourth-order valence-electron chi connectivity index (χ4n) is 3.88. The summed E-state index contributed by atoms with van der Waals surface area (Å²) in [5.41, 5.74) is 4.64. The molecule has 2 aromatic rings. The summed E-state index contributed by atoms with van der Waals surface area (Å²) in [7, 11) is 1.72. The van der Waals surface area contributed by atoms with Crippen LogP contribution in [-0.4, -0.2) is 51.5 Å². The third-order valence-corrected chi connectivity index (χ3v) is 5.56. The zero-order valence-electron chi connectivity index (χ0n) is 16.2. The number of aryl methyl sites for hydroxylation is 1. The highest BCUT2D eigenvalue weighted by atomic mass is 32.1. The standard InChI is InChI=1S/C20H28N4O2S/c1-14-13-16(15(2)23(14)10-12-26-3)19-18(17-7-4-5-8-21-17)22-20(27)24(19)9-6-11-25/h4-5,7-8,13,18-19,25H,6,9-12H2,1-3H3,(H,22,27)/t18-,19-/m0/s1. The quantitative estimate of drug-likeness (QED) is 0.678. The first-order valence-electron chi connectivity index (χ1n) is 9.33. The Hall–Kier alpha value is -1.96. The van der Waals surface area contributed by atoms with Crippen molar-refractivity contribution in [3.8, 4) is 0 Å². The second-order valence-electron chi connectivity index (χ2n) is 6.87. The highest BCUT2D eigenvalue weighted by molar-refractivity contribution is 7.80. The van der Waals surface area contributed by atoms with E-state index in [4.69, 9.17) is 17.0 Å². The summed E-state index contributed by atoms with van der Waals surface area (Å²) in [5.74, 6) is 0. The van der Waals surface area contributed by atoms with E-state index in [9.17, 15) is 5.11 Å². The summed E-state index contributed by atoms with van der Waals surface area (Å²) in [6.07, 6.45) is 2.49. The summed E-state index contributed by atoms with van der Waals surface area (Å²) in [6, 6.07) is 8.23. The van der Waals surface area contributed by atoms with Crippen LogP contribution in [-0.2, 0) is 11.3 Å². The van der Waals surface area contributed by atoms with E-state index in [1.54, 1.807) is 7.11 Å². The first kappa shape index (κ1) is 19.8. The van der Waals surface area contributed by atoms with Gasteiger partial charge in [0.25, 0.3) is 0 Å². The Morgan fingerprint density at radius 3 is 2.78 bits per heavy atom. The maximum atomic E-state index is 9.33. The van der Waals surface area contributed by atoms with Crippen LogP contribution in [0.25, 0.3) is 0 Å². The summed E-state index contributed by atoms with van der Waals surface area (Å²) in [4.78, 5) is 6.76. The van der Waals surface area contributed by atoms with Gasteiger partial charge in [0.1, 0.15) is 0 Å². The summed E-state index contributed by atoms with van der Waals surface area (Å²) < 4.78 is 7.56. The number of nitrogens with one attached hydrogen (secondary N) is 1. The smallest absolute Gasteiger partial charge is 0.170 e. The van der Waals surface area contributed by atoms with Gasteiger partial charge in [-0.15, -0.1) is 0 Å². The predicted molar refractivity (Wildman–Crippen MR) is 110 cm³/mol. The summed E-state index contributed by atoms with van der Waals surface area (Å²) >= 11 is 5.64. The van der Waals surface area contributed by atoms with Gasteiger partial charge in [0.15, 0.2) is 5.11 Å². The molecular weight excluding hydrogens is 360 g/mol. The second kappa shape index (κ2) is 8.82. The number of methoxy groups -OCH3 is 1. The maximum Gasteiger partial charge on any atom is 0.170 e. The first-order valence-corrected chi connectivity index (χ1v) is 9.73. The van der Waals surface area contributed by atoms with E-state index in [-0.39, 0.29) is 18.7 Å². The van der Waals surface area contributed by atoms with Gasteiger partial charge in [0.05, 0.1) is 24.4 Å². The summed E-state index contributed by atoms with van der Waals surface area (Å²) in [6.45, 7) is 6.63. The Kier molecular flexibility index (Phi) is 6.46. The summed E-state index contributed by atoms with van der Waals surface area (Å²) in [5, 5.41) is 13.5. The van der Waals surface area contributed by atoms with Crippen LogP contribution in [0.5, 0.6) is 0 Å². The van der Waals surface area contributed by atoms with Crippen LogP contribution in [0.3, 0.4) is 0 Å². The fourth-order valence-corrected chi connectivity index (χ4v) is 4.21. The van der Waals surface area contributed by atoms with E-state index in [1.807, 2.05) is 24.4 Å². The molecule has 1 aliphatic heterocycles. The molecule has 146 valence electrons. The molecule has 0 unspecified atom stereocenters. The number of ether oxygens (including phenoxy) is 1. The third-order valence-electron chi connectivity index (χ3n) is 5.21. The fraction of sp³-hybridized carbons (Fsp3) is 0.500. The molecule has 0 radical (unpaired) electrons. The molecule has 6 nitrogen and oxygen atoms in total. The van der Waals surface area contributed by atoms with Crippen LogP contribution in [0.4, 0.5) is 0 Å². The average Bonchev–Trinajstić information content (AvgIpc) is 3.15. The van der Waals surface area contributed by atoms with E-state index >= 15 is 0 Å². The van der Waals surface area contributed by atoms with E-state index in [1.165, 1.54) is 17.0 Å². The highest BCUT2D eigenvalue weighted by Crippen LogP contribution is 2.40. The number of hydrogen-bond acceptors (Lipinski definition) is 4. The highest BCUT2D eigenvalue weighted by Gasteiger charge is 2.40. The molecule has 0 spiro atoms. The van der Waals surface area contributed by atoms with E-state index < -0.39 is 0 Å². The lowest BCUT2D eigenvalue weighted by Crippen LogP contribution is -2.31. The van der Waals surface area contributed by atoms with Gasteiger partial charge in [-0.25, -0.2) is 0 Å². The molecular formula is C20H28N4O2S. The lowest BCUT2D eigenvalue weighted by atomic mass is 9.96. The van der Waals surface area contributed by atoms with Crippen molar-refractivity contribution in [1.82, 2.24) is 19.8 Å². The molecule has 2 aromatic heterocycles. The molecule has 0 saturated carbocycles. The predicted octanol–water partition coefficient (Wildman–Crippen LogP) is 2.50. The van der Waals surface area contributed by atoms with Gasteiger partial charge >= 0.3 is 0 Å². The zero-order chi connectivity index (χ0) is 19.4. The Morgan fingerprint density at radius 2 is 2.11 bits per heavy atom. The molecule has 27 heavy (non-hydrogen) atoms. The largest absolute Gasteiger partial charge is 0.396 e. The Balaban J connectivity index is 2.02. The topological polar surface area (TPSA) is 62.5 Å². The Morgan fingerprint density at radius 1 is 1.30 bits per heavy atom. The average molecular weight is 389 g/mol. The van der Waals surface area contributed by atoms with Gasteiger partial charge in [0.2, 0.25) is 0 Å². The molecule has 2 N–H and O–H groups in total. The van der Waals surface area contributed by atoms with Gasteiger partial charge in [-0.3, -0.25) is 4.98 Å². The molecule has 0 aromatic carbocycles. The number of pyridine rings is 1. The molecule has 2 atom stereocenters. The van der Waals surface area contributed by atoms with Crippen molar-refractivity contribution >= 4 is 17.3 Å². The van der Waals surface area contributed by atoms with Crippen LogP contribution in [0.1, 0.15) is 41.1 Å². The number of aliphatic hydroxyl groups excluding tert-OH is 1. The number of hydrogen-bond donors (Lipinski definition) is 2.